The van der Waals surface area contributed by atoms with Crippen molar-refractivity contribution in [1.82, 2.24) is 24.2 Å². The van der Waals surface area contributed by atoms with Gasteiger partial charge in [0.05, 0.1) is 30.2 Å². The third kappa shape index (κ3) is 2.70. The Bertz CT molecular complexity index is 728. The normalized spacial score (nSPS) is 19.8. The molecular weight excluding hydrogens is 290 g/mol. The minimum Gasteiger partial charge on any atom is -0.386 e. The molecule has 1 saturated carbocycles. The fourth-order valence-electron chi connectivity index (χ4n) is 3.40. The van der Waals surface area contributed by atoms with Gasteiger partial charge in [-0.15, -0.1) is 0 Å². The molecule has 0 saturated heterocycles. The van der Waals surface area contributed by atoms with Gasteiger partial charge in [0.2, 0.25) is 0 Å². The van der Waals surface area contributed by atoms with E-state index >= 15 is 0 Å². The van der Waals surface area contributed by atoms with Crippen molar-refractivity contribution in [2.45, 2.75) is 52.4 Å². The maximum Gasteiger partial charge on any atom is 0.123 e. The van der Waals surface area contributed by atoms with Crippen molar-refractivity contribution in [1.29, 1.82) is 0 Å². The van der Waals surface area contributed by atoms with Crippen LogP contribution in [-0.2, 0) is 26.7 Å². The third-order valence-corrected chi connectivity index (χ3v) is 5.34. The number of aryl methyl sites for hydroxylation is 1. The molecule has 6 nitrogen and oxygen atoms in total. The second kappa shape index (κ2) is 5.46. The monoisotopic (exact) mass is 315 g/mol. The highest BCUT2D eigenvalue weighted by atomic mass is 16.3. The predicted molar refractivity (Wildman–Crippen MR) is 86.7 cm³/mol. The number of rotatable bonds is 4. The molecule has 124 valence electrons. The number of fused-ring (bicyclic) bond motifs is 1. The number of imidazole rings is 1. The molecule has 1 N–H and O–H groups in total. The Morgan fingerprint density at radius 1 is 1.30 bits per heavy atom. The van der Waals surface area contributed by atoms with Crippen molar-refractivity contribution in [2.24, 2.45) is 13.0 Å². The van der Waals surface area contributed by atoms with E-state index in [0.29, 0.717) is 5.92 Å². The fourth-order valence-corrected chi connectivity index (χ4v) is 3.40. The smallest absolute Gasteiger partial charge is 0.123 e. The topological polar surface area (TPSA) is 59.1 Å². The van der Waals surface area contributed by atoms with Crippen LogP contribution < -0.4 is 0 Å². The van der Waals surface area contributed by atoms with E-state index in [1.807, 2.05) is 0 Å². The van der Waals surface area contributed by atoms with Crippen LogP contribution in [0.25, 0.3) is 0 Å². The van der Waals surface area contributed by atoms with Crippen molar-refractivity contribution in [3.63, 3.8) is 0 Å². The van der Waals surface area contributed by atoms with Gasteiger partial charge in [0, 0.05) is 25.8 Å². The van der Waals surface area contributed by atoms with Gasteiger partial charge in [-0.1, -0.05) is 0 Å². The summed E-state index contributed by atoms with van der Waals surface area (Å²) in [5, 5.41) is 14.9. The average molecular weight is 315 g/mol. The van der Waals surface area contributed by atoms with E-state index in [9.17, 15) is 5.11 Å². The lowest BCUT2D eigenvalue weighted by Crippen LogP contribution is -2.34. The first kappa shape index (κ1) is 14.9. The van der Waals surface area contributed by atoms with Gasteiger partial charge in [-0.2, -0.15) is 5.10 Å². The lowest BCUT2D eigenvalue weighted by molar-refractivity contribution is 0.147. The van der Waals surface area contributed by atoms with Crippen molar-refractivity contribution >= 4 is 0 Å². The van der Waals surface area contributed by atoms with E-state index in [-0.39, 0.29) is 6.10 Å². The quantitative estimate of drug-likeness (QED) is 0.933. The van der Waals surface area contributed by atoms with Gasteiger partial charge < -0.3 is 9.67 Å². The Morgan fingerprint density at radius 2 is 2.09 bits per heavy atom. The average Bonchev–Trinajstić information content (AvgIpc) is 3.26. The summed E-state index contributed by atoms with van der Waals surface area (Å²) in [5.74, 6) is 1.55. The van der Waals surface area contributed by atoms with Crippen LogP contribution in [0.5, 0.6) is 0 Å². The van der Waals surface area contributed by atoms with Crippen molar-refractivity contribution in [3.8, 4) is 0 Å². The second-order valence-electron chi connectivity index (χ2n) is 7.03. The highest BCUT2D eigenvalue weighted by Crippen LogP contribution is 2.40. The third-order valence-electron chi connectivity index (χ3n) is 5.34. The molecule has 4 rings (SSSR count). The Labute approximate surface area is 136 Å². The number of hydrogen-bond acceptors (Lipinski definition) is 4. The van der Waals surface area contributed by atoms with Crippen LogP contribution in [0, 0.1) is 19.8 Å². The van der Waals surface area contributed by atoms with Gasteiger partial charge in [0.1, 0.15) is 11.9 Å². The highest BCUT2D eigenvalue weighted by molar-refractivity contribution is 5.17. The molecular formula is C17H25N5O. The highest BCUT2D eigenvalue weighted by Gasteiger charge is 2.33. The summed E-state index contributed by atoms with van der Waals surface area (Å²) >= 11 is 0. The SMILES string of the molecule is Cc1nc(CN2CCn3nc([C@H](O)C4CC4)cc3C2)n(C)c1C. The Morgan fingerprint density at radius 3 is 2.74 bits per heavy atom. The Kier molecular flexibility index (Phi) is 3.54. The molecule has 23 heavy (non-hydrogen) atoms. The summed E-state index contributed by atoms with van der Waals surface area (Å²) in [5.41, 5.74) is 4.40. The van der Waals surface area contributed by atoms with Crippen molar-refractivity contribution in [2.75, 3.05) is 6.54 Å². The van der Waals surface area contributed by atoms with Crippen molar-refractivity contribution < 1.29 is 5.11 Å². The van der Waals surface area contributed by atoms with Gasteiger partial charge in [0.15, 0.2) is 0 Å². The van der Waals surface area contributed by atoms with Gasteiger partial charge in [-0.05, 0) is 38.7 Å². The minimum atomic E-state index is -0.374. The molecule has 2 aliphatic rings. The van der Waals surface area contributed by atoms with Gasteiger partial charge >= 0.3 is 0 Å². The summed E-state index contributed by atoms with van der Waals surface area (Å²) in [4.78, 5) is 7.09. The van der Waals surface area contributed by atoms with E-state index in [1.54, 1.807) is 0 Å². The molecule has 0 aromatic carbocycles. The predicted octanol–water partition coefficient (Wildman–Crippen LogP) is 1.69. The van der Waals surface area contributed by atoms with Gasteiger partial charge in [-0.3, -0.25) is 9.58 Å². The standard InChI is InChI=1S/C17H25N5O/c1-11-12(2)20(3)16(18-11)10-21-6-7-22-14(9-21)8-15(19-22)17(23)13-4-5-13/h8,13,17,23H,4-7,9-10H2,1-3H3/t17-/m1/s1. The van der Waals surface area contributed by atoms with Crippen LogP contribution in [0.2, 0.25) is 0 Å². The summed E-state index contributed by atoms with van der Waals surface area (Å²) in [7, 11) is 2.09. The zero-order chi connectivity index (χ0) is 16.1. The molecule has 0 radical (unpaired) electrons. The van der Waals surface area contributed by atoms with Gasteiger partial charge in [0.25, 0.3) is 0 Å². The fraction of sp³-hybridized carbons (Fsp3) is 0.647. The molecule has 1 aliphatic heterocycles. The Balaban J connectivity index is 1.48. The zero-order valence-corrected chi connectivity index (χ0v) is 14.2. The number of aromatic nitrogens is 4. The van der Waals surface area contributed by atoms with E-state index < -0.39 is 0 Å². The first-order valence-corrected chi connectivity index (χ1v) is 8.48. The molecule has 0 unspecified atom stereocenters. The maximum absolute atomic E-state index is 10.3. The van der Waals surface area contributed by atoms with Crippen LogP contribution in [0.4, 0.5) is 0 Å². The second-order valence-corrected chi connectivity index (χ2v) is 7.03. The molecule has 0 amide bonds. The largest absolute Gasteiger partial charge is 0.386 e. The van der Waals surface area contributed by atoms with Crippen LogP contribution in [-0.4, -0.2) is 35.9 Å². The van der Waals surface area contributed by atoms with Crippen LogP contribution >= 0.6 is 0 Å². The molecule has 2 aromatic heterocycles. The molecule has 1 aliphatic carbocycles. The van der Waals surface area contributed by atoms with Gasteiger partial charge in [-0.25, -0.2) is 4.98 Å². The zero-order valence-electron chi connectivity index (χ0n) is 14.2. The molecule has 1 atom stereocenters. The lowest BCUT2D eigenvalue weighted by atomic mass is 10.1. The molecule has 0 spiro atoms. The molecule has 1 fully saturated rings. The van der Waals surface area contributed by atoms with Crippen LogP contribution in [0.1, 0.15) is 47.5 Å². The van der Waals surface area contributed by atoms with Crippen LogP contribution in [0.15, 0.2) is 6.07 Å². The summed E-state index contributed by atoms with van der Waals surface area (Å²) in [6.45, 7) is 7.76. The molecule has 2 aromatic rings. The number of nitrogens with zero attached hydrogens (tertiary/aromatic N) is 5. The maximum atomic E-state index is 10.3. The lowest BCUT2D eigenvalue weighted by Gasteiger charge is -2.27. The molecule has 0 bridgehead atoms. The van der Waals surface area contributed by atoms with E-state index in [0.717, 1.165) is 56.2 Å². The Hall–Kier alpha value is -1.66. The van der Waals surface area contributed by atoms with E-state index in [1.165, 1.54) is 11.4 Å². The summed E-state index contributed by atoms with van der Waals surface area (Å²) in [6.07, 6.45) is 1.89. The van der Waals surface area contributed by atoms with E-state index in [4.69, 9.17) is 0 Å². The summed E-state index contributed by atoms with van der Waals surface area (Å²) < 4.78 is 4.25. The molecule has 6 heteroatoms. The summed E-state index contributed by atoms with van der Waals surface area (Å²) in [6, 6.07) is 2.09. The number of hydrogen-bond donors (Lipinski definition) is 1. The number of aliphatic hydroxyl groups is 1. The van der Waals surface area contributed by atoms with E-state index in [2.05, 4.69) is 51.2 Å². The van der Waals surface area contributed by atoms with Crippen LogP contribution in [0.3, 0.4) is 0 Å². The minimum absolute atomic E-state index is 0.374. The molecule has 3 heterocycles. The first-order valence-electron chi connectivity index (χ1n) is 8.48. The first-order chi connectivity index (χ1) is 11.0. The van der Waals surface area contributed by atoms with Crippen molar-refractivity contribution in [3.05, 3.63) is 34.7 Å². The number of aliphatic hydroxyl groups excluding tert-OH is 1.